The summed E-state index contributed by atoms with van der Waals surface area (Å²) in [4.78, 5) is 4.34. The summed E-state index contributed by atoms with van der Waals surface area (Å²) in [5, 5.41) is 3.14. The number of rotatable bonds is 3. The second-order valence-electron chi connectivity index (χ2n) is 6.45. The molecular weight excluding hydrogens is 291 g/mol. The second-order valence-corrected chi connectivity index (χ2v) is 6.45. The van der Waals surface area contributed by atoms with E-state index >= 15 is 0 Å². The molecule has 3 nitrogen and oxygen atoms in total. The minimum atomic E-state index is -0.297. The highest BCUT2D eigenvalue weighted by Gasteiger charge is 2.17. The number of aromatic nitrogens is 1. The molecule has 0 aliphatic heterocycles. The van der Waals surface area contributed by atoms with Crippen LogP contribution in [0.1, 0.15) is 20.8 Å². The van der Waals surface area contributed by atoms with Gasteiger partial charge in [-0.25, -0.2) is 4.39 Å². The van der Waals surface area contributed by atoms with Crippen molar-refractivity contribution in [1.29, 1.82) is 0 Å². The summed E-state index contributed by atoms with van der Waals surface area (Å²) in [6.07, 6.45) is 1.47. The van der Waals surface area contributed by atoms with Gasteiger partial charge in [0, 0.05) is 16.7 Å². The van der Waals surface area contributed by atoms with E-state index in [2.05, 4.69) is 10.3 Å². The van der Waals surface area contributed by atoms with Gasteiger partial charge in [-0.15, -0.1) is 0 Å². The molecular formula is C19H19FN2O. The number of hydrogen-bond donors (Lipinski definition) is 1. The summed E-state index contributed by atoms with van der Waals surface area (Å²) >= 11 is 0. The third kappa shape index (κ3) is 3.42. The fourth-order valence-electron chi connectivity index (χ4n) is 2.35. The Morgan fingerprint density at radius 1 is 0.957 bits per heavy atom. The zero-order valence-corrected chi connectivity index (χ0v) is 13.4. The number of nitrogens with one attached hydrogen (secondary N) is 1. The third-order valence-electron chi connectivity index (χ3n) is 3.35. The van der Waals surface area contributed by atoms with Crippen LogP contribution in [0.3, 0.4) is 0 Å². The van der Waals surface area contributed by atoms with Crippen molar-refractivity contribution in [2.75, 3.05) is 5.32 Å². The first kappa shape index (κ1) is 15.3. The van der Waals surface area contributed by atoms with Crippen LogP contribution >= 0.6 is 0 Å². The number of halogens is 1. The van der Waals surface area contributed by atoms with Gasteiger partial charge in [0.2, 0.25) is 0 Å². The number of nitrogens with zero attached hydrogens (tertiary/aromatic N) is 1. The molecule has 0 aliphatic rings. The molecule has 0 amide bonds. The van der Waals surface area contributed by atoms with E-state index in [0.29, 0.717) is 22.8 Å². The number of anilines is 1. The monoisotopic (exact) mass is 310 g/mol. The van der Waals surface area contributed by atoms with Crippen LogP contribution in [-0.4, -0.2) is 10.5 Å². The van der Waals surface area contributed by atoms with Crippen molar-refractivity contribution in [2.45, 2.75) is 26.3 Å². The molecule has 0 unspecified atom stereocenters. The predicted molar refractivity (Wildman–Crippen MR) is 90.7 cm³/mol. The van der Waals surface area contributed by atoms with E-state index in [9.17, 15) is 4.39 Å². The fraction of sp³-hybridized carbons (Fsp3) is 0.211. The Hall–Kier alpha value is -2.62. The summed E-state index contributed by atoms with van der Waals surface area (Å²) in [6.45, 7) is 6.02. The third-order valence-corrected chi connectivity index (χ3v) is 3.35. The maximum absolute atomic E-state index is 14.9. The van der Waals surface area contributed by atoms with Crippen molar-refractivity contribution in [1.82, 2.24) is 4.98 Å². The second kappa shape index (κ2) is 5.88. The van der Waals surface area contributed by atoms with Crippen LogP contribution in [0.5, 0.6) is 0 Å². The lowest BCUT2D eigenvalue weighted by Crippen LogP contribution is -2.26. The van der Waals surface area contributed by atoms with Crippen LogP contribution in [-0.2, 0) is 0 Å². The molecule has 1 aromatic heterocycles. The van der Waals surface area contributed by atoms with Gasteiger partial charge in [-0.1, -0.05) is 42.5 Å². The molecule has 2 aromatic carbocycles. The molecule has 0 aliphatic carbocycles. The molecule has 0 fully saturated rings. The highest BCUT2D eigenvalue weighted by Crippen LogP contribution is 2.31. The maximum Gasteiger partial charge on any atom is 0.295 e. The molecule has 0 saturated carbocycles. The van der Waals surface area contributed by atoms with Gasteiger partial charge in [0.1, 0.15) is 17.8 Å². The van der Waals surface area contributed by atoms with Gasteiger partial charge in [0.05, 0.1) is 0 Å². The van der Waals surface area contributed by atoms with Crippen LogP contribution in [0.2, 0.25) is 0 Å². The summed E-state index contributed by atoms with van der Waals surface area (Å²) < 4.78 is 20.3. The molecule has 3 aromatic rings. The summed E-state index contributed by atoms with van der Waals surface area (Å²) in [7, 11) is 0. The quantitative estimate of drug-likeness (QED) is 0.708. The van der Waals surface area contributed by atoms with E-state index in [1.54, 1.807) is 12.1 Å². The first-order valence-corrected chi connectivity index (χ1v) is 7.52. The first-order valence-electron chi connectivity index (χ1n) is 7.52. The molecule has 1 N–H and O–H groups in total. The molecule has 0 atom stereocenters. The maximum atomic E-state index is 14.9. The van der Waals surface area contributed by atoms with Crippen LogP contribution in [0, 0.1) is 5.82 Å². The molecule has 0 radical (unpaired) electrons. The van der Waals surface area contributed by atoms with Gasteiger partial charge < -0.3 is 9.73 Å². The van der Waals surface area contributed by atoms with E-state index in [-0.39, 0.29) is 11.4 Å². The molecule has 118 valence electrons. The van der Waals surface area contributed by atoms with Gasteiger partial charge >= 0.3 is 0 Å². The highest BCUT2D eigenvalue weighted by atomic mass is 19.1. The normalized spacial score (nSPS) is 11.5. The number of oxazole rings is 1. The molecule has 0 saturated heterocycles. The minimum Gasteiger partial charge on any atom is -0.432 e. The standard InChI is InChI=1S/C19H19FN2O/c1-19(2,3)22-18-21-16(12-23-18)15-11-7-10-14(17(15)20)13-8-5-4-6-9-13/h4-12H,1-3H3,(H,21,22). The minimum absolute atomic E-state index is 0.174. The Morgan fingerprint density at radius 3 is 2.35 bits per heavy atom. The summed E-state index contributed by atoms with van der Waals surface area (Å²) in [6, 6.07) is 15.2. The SMILES string of the molecule is CC(C)(C)Nc1nc(-c2cccc(-c3ccccc3)c2F)co1. The molecule has 3 rings (SSSR count). The van der Waals surface area contributed by atoms with E-state index < -0.39 is 0 Å². The molecule has 4 heteroatoms. The van der Waals surface area contributed by atoms with E-state index in [1.165, 1.54) is 6.26 Å². The summed E-state index contributed by atoms with van der Waals surface area (Å²) in [5.74, 6) is -0.297. The van der Waals surface area contributed by atoms with Crippen LogP contribution in [0.4, 0.5) is 10.4 Å². The lowest BCUT2D eigenvalue weighted by Gasteiger charge is -2.18. The Labute approximate surface area is 135 Å². The highest BCUT2D eigenvalue weighted by molar-refractivity contribution is 5.72. The van der Waals surface area contributed by atoms with Crippen molar-refractivity contribution in [3.05, 3.63) is 60.6 Å². The molecule has 1 heterocycles. The zero-order valence-electron chi connectivity index (χ0n) is 13.4. The van der Waals surface area contributed by atoms with Gasteiger partial charge in [-0.2, -0.15) is 4.98 Å². The van der Waals surface area contributed by atoms with Crippen molar-refractivity contribution in [2.24, 2.45) is 0 Å². The van der Waals surface area contributed by atoms with E-state index in [0.717, 1.165) is 5.56 Å². The van der Waals surface area contributed by atoms with Crippen molar-refractivity contribution in [3.63, 3.8) is 0 Å². The van der Waals surface area contributed by atoms with Crippen LogP contribution in [0.15, 0.2) is 59.2 Å². The Balaban J connectivity index is 1.98. The smallest absolute Gasteiger partial charge is 0.295 e. The Bertz CT molecular complexity index is 804. The van der Waals surface area contributed by atoms with Crippen LogP contribution < -0.4 is 5.32 Å². The Morgan fingerprint density at radius 2 is 1.65 bits per heavy atom. The van der Waals surface area contributed by atoms with Crippen molar-refractivity contribution < 1.29 is 8.81 Å². The summed E-state index contributed by atoms with van der Waals surface area (Å²) in [5.41, 5.74) is 2.12. The van der Waals surface area contributed by atoms with Gasteiger partial charge in [0.25, 0.3) is 6.01 Å². The average Bonchev–Trinajstić information content (AvgIpc) is 2.94. The van der Waals surface area contributed by atoms with E-state index in [1.807, 2.05) is 57.2 Å². The predicted octanol–water partition coefficient (Wildman–Crippen LogP) is 5.36. The van der Waals surface area contributed by atoms with E-state index in [4.69, 9.17) is 4.42 Å². The van der Waals surface area contributed by atoms with Crippen LogP contribution in [0.25, 0.3) is 22.4 Å². The number of hydrogen-bond acceptors (Lipinski definition) is 3. The lowest BCUT2D eigenvalue weighted by molar-refractivity contribution is 0.531. The fourth-order valence-corrected chi connectivity index (χ4v) is 2.35. The number of benzene rings is 2. The lowest BCUT2D eigenvalue weighted by atomic mass is 10.0. The Kier molecular flexibility index (Phi) is 3.90. The van der Waals surface area contributed by atoms with Gasteiger partial charge in [-0.05, 0) is 32.4 Å². The average molecular weight is 310 g/mol. The van der Waals surface area contributed by atoms with Crippen molar-refractivity contribution >= 4 is 6.01 Å². The molecule has 0 spiro atoms. The largest absolute Gasteiger partial charge is 0.432 e. The topological polar surface area (TPSA) is 38.1 Å². The van der Waals surface area contributed by atoms with Crippen molar-refractivity contribution in [3.8, 4) is 22.4 Å². The zero-order chi connectivity index (χ0) is 16.4. The van der Waals surface area contributed by atoms with Gasteiger partial charge in [0.15, 0.2) is 0 Å². The van der Waals surface area contributed by atoms with Gasteiger partial charge in [-0.3, -0.25) is 0 Å². The molecule has 23 heavy (non-hydrogen) atoms. The first-order chi connectivity index (χ1) is 10.9. The molecule has 0 bridgehead atoms.